The summed E-state index contributed by atoms with van der Waals surface area (Å²) < 4.78 is 58.1. The van der Waals surface area contributed by atoms with Crippen LogP contribution in [0.4, 0.5) is 8.78 Å². The summed E-state index contributed by atoms with van der Waals surface area (Å²) in [6.45, 7) is -0.465. The molecule has 0 saturated heterocycles. The Bertz CT molecular complexity index is 976. The molecule has 29 heavy (non-hydrogen) atoms. The molecule has 11 heteroatoms. The number of carbonyl (C=O) groups excluding carboxylic acids is 1. The van der Waals surface area contributed by atoms with Gasteiger partial charge in [-0.15, -0.1) is 11.8 Å². The fraction of sp³-hybridized carbons (Fsp3) is 0.278. The van der Waals surface area contributed by atoms with E-state index in [1.807, 2.05) is 0 Å². The summed E-state index contributed by atoms with van der Waals surface area (Å²) in [5.41, 5.74) is 4.89. The largest absolute Gasteiger partial charge is 0.478 e. The van der Waals surface area contributed by atoms with Crippen molar-refractivity contribution in [3.8, 4) is 5.75 Å². The monoisotopic (exact) mass is 465 g/mol. The number of hydrogen-bond acceptors (Lipinski definition) is 5. The van der Waals surface area contributed by atoms with Crippen molar-refractivity contribution in [2.75, 3.05) is 33.0 Å². The molecule has 1 amide bonds. The first-order chi connectivity index (χ1) is 13.4. The quantitative estimate of drug-likeness (QED) is 0.454. The lowest BCUT2D eigenvalue weighted by Gasteiger charge is -2.28. The second-order valence-corrected chi connectivity index (χ2v) is 10.6. The predicted octanol–water partition coefficient (Wildman–Crippen LogP) is 3.04. The predicted molar refractivity (Wildman–Crippen MR) is 107 cm³/mol. The van der Waals surface area contributed by atoms with Crippen molar-refractivity contribution in [3.63, 3.8) is 0 Å². The average Bonchev–Trinajstić information content (AvgIpc) is 2.61. The van der Waals surface area contributed by atoms with Crippen molar-refractivity contribution < 1.29 is 30.6 Å². The molecular formula is C18H20ClF2N2O4S2+. The summed E-state index contributed by atoms with van der Waals surface area (Å²) in [4.78, 5) is 11.1. The number of benzene rings is 2. The maximum Gasteiger partial charge on any atom is 0.326 e. The van der Waals surface area contributed by atoms with E-state index in [0.29, 0.717) is 5.02 Å². The van der Waals surface area contributed by atoms with Crippen LogP contribution in [0.2, 0.25) is 5.02 Å². The summed E-state index contributed by atoms with van der Waals surface area (Å²) >= 11 is 6.90. The number of quaternary nitrogens is 1. The molecule has 0 unspecified atom stereocenters. The van der Waals surface area contributed by atoms with Crippen molar-refractivity contribution in [1.82, 2.24) is 0 Å². The first kappa shape index (κ1) is 23.4. The summed E-state index contributed by atoms with van der Waals surface area (Å²) in [6.07, 6.45) is 0. The minimum Gasteiger partial charge on any atom is -0.478 e. The van der Waals surface area contributed by atoms with Crippen LogP contribution in [0.5, 0.6) is 5.75 Å². The Morgan fingerprint density at radius 3 is 2.24 bits per heavy atom. The Kier molecular flexibility index (Phi) is 7.50. The Hall–Kier alpha value is -1.88. The number of halogens is 3. The lowest BCUT2D eigenvalue weighted by Crippen LogP contribution is -2.46. The van der Waals surface area contributed by atoms with Crippen molar-refractivity contribution in [3.05, 3.63) is 53.1 Å². The van der Waals surface area contributed by atoms with E-state index in [4.69, 9.17) is 22.1 Å². The van der Waals surface area contributed by atoms with E-state index in [0.717, 1.165) is 23.9 Å². The number of rotatable bonds is 9. The van der Waals surface area contributed by atoms with Crippen molar-refractivity contribution in [2.24, 2.45) is 5.73 Å². The van der Waals surface area contributed by atoms with Gasteiger partial charge < -0.3 is 10.5 Å². The molecule has 2 aromatic carbocycles. The molecule has 0 spiro atoms. The van der Waals surface area contributed by atoms with E-state index in [1.165, 1.54) is 38.4 Å². The highest BCUT2D eigenvalue weighted by Gasteiger charge is 2.34. The lowest BCUT2D eigenvalue weighted by atomic mass is 10.3. The van der Waals surface area contributed by atoms with E-state index in [2.05, 4.69) is 0 Å². The van der Waals surface area contributed by atoms with Crippen LogP contribution >= 0.6 is 23.4 Å². The van der Waals surface area contributed by atoms with Gasteiger partial charge in [0.2, 0.25) is 0 Å². The molecule has 0 aliphatic carbocycles. The average molecular weight is 466 g/mol. The van der Waals surface area contributed by atoms with E-state index in [-0.39, 0.29) is 26.0 Å². The molecule has 0 fully saturated rings. The van der Waals surface area contributed by atoms with Crippen molar-refractivity contribution in [2.45, 2.75) is 9.79 Å². The smallest absolute Gasteiger partial charge is 0.326 e. The number of nitrogens with zero attached hydrogens (tertiary/aromatic N) is 1. The van der Waals surface area contributed by atoms with Crippen LogP contribution in [-0.2, 0) is 14.8 Å². The Labute approximate surface area is 177 Å². The topological polar surface area (TPSA) is 86.5 Å². The van der Waals surface area contributed by atoms with Crippen LogP contribution in [0.25, 0.3) is 0 Å². The van der Waals surface area contributed by atoms with Crippen molar-refractivity contribution in [1.29, 1.82) is 0 Å². The number of thioether (sulfide) groups is 1. The highest BCUT2D eigenvalue weighted by atomic mass is 35.5. The third kappa shape index (κ3) is 5.81. The van der Waals surface area contributed by atoms with Gasteiger partial charge >= 0.3 is 10.0 Å². The molecule has 0 aliphatic heterocycles. The van der Waals surface area contributed by atoms with Crippen LogP contribution < -0.4 is 10.5 Å². The van der Waals surface area contributed by atoms with E-state index >= 15 is 0 Å². The molecule has 0 radical (unpaired) electrons. The third-order valence-electron chi connectivity index (χ3n) is 3.99. The maximum atomic E-state index is 14.0. The van der Waals surface area contributed by atoms with E-state index < -0.39 is 39.9 Å². The highest BCUT2D eigenvalue weighted by Crippen LogP contribution is 2.29. The Balaban J connectivity index is 2.06. The minimum absolute atomic E-state index is 0.130. The number of sulfonamides is 1. The van der Waals surface area contributed by atoms with Gasteiger partial charge in [0.1, 0.15) is 11.4 Å². The van der Waals surface area contributed by atoms with Gasteiger partial charge in [0.15, 0.2) is 24.0 Å². The molecule has 2 N–H and O–H groups in total. The second kappa shape index (κ2) is 9.29. The molecule has 0 bridgehead atoms. The van der Waals surface area contributed by atoms with Crippen LogP contribution in [0.15, 0.2) is 46.2 Å². The van der Waals surface area contributed by atoms with Gasteiger partial charge in [0.05, 0.1) is 14.1 Å². The number of ether oxygens (including phenoxy) is 1. The van der Waals surface area contributed by atoms with Gasteiger partial charge in [0, 0.05) is 15.7 Å². The molecule has 0 saturated carbocycles. The second-order valence-electron chi connectivity index (χ2n) is 6.55. The zero-order valence-electron chi connectivity index (χ0n) is 15.7. The summed E-state index contributed by atoms with van der Waals surface area (Å²) in [5, 5.41) is 0.428. The number of nitrogens with two attached hydrogens (primary N) is 1. The maximum absolute atomic E-state index is 14.0. The molecule has 158 valence electrons. The first-order valence-corrected chi connectivity index (χ1v) is 11.1. The van der Waals surface area contributed by atoms with Crippen molar-refractivity contribution >= 4 is 39.3 Å². The summed E-state index contributed by atoms with van der Waals surface area (Å²) in [5.74, 6) is -3.22. The van der Waals surface area contributed by atoms with Gasteiger partial charge in [-0.25, -0.2) is 12.7 Å². The van der Waals surface area contributed by atoms with Gasteiger partial charge in [-0.1, -0.05) is 11.6 Å². The minimum atomic E-state index is -3.69. The fourth-order valence-corrected chi connectivity index (χ4v) is 5.08. The molecule has 0 aliphatic rings. The number of primary amides is 1. The number of carbonyl (C=O) groups is 1. The van der Waals surface area contributed by atoms with Gasteiger partial charge in [0.25, 0.3) is 5.91 Å². The zero-order chi connectivity index (χ0) is 21.8. The zero-order valence-corrected chi connectivity index (χ0v) is 18.1. The van der Waals surface area contributed by atoms with Crippen LogP contribution in [0, 0.1) is 11.6 Å². The fourth-order valence-electron chi connectivity index (χ4n) is 2.30. The normalized spacial score (nSPS) is 12.0. The highest BCUT2D eigenvalue weighted by molar-refractivity contribution is 7.99. The van der Waals surface area contributed by atoms with Crippen LogP contribution in [0.1, 0.15) is 0 Å². The van der Waals surface area contributed by atoms with Gasteiger partial charge in [-0.2, -0.15) is 8.42 Å². The number of amides is 1. The Morgan fingerprint density at radius 1 is 1.17 bits per heavy atom. The first-order valence-electron chi connectivity index (χ1n) is 8.31. The van der Waals surface area contributed by atoms with Crippen LogP contribution in [0.3, 0.4) is 0 Å². The molecular weight excluding hydrogens is 446 g/mol. The molecule has 0 aromatic heterocycles. The molecule has 0 atom stereocenters. The van der Waals surface area contributed by atoms with E-state index in [9.17, 15) is 22.0 Å². The third-order valence-corrected chi connectivity index (χ3v) is 7.55. The molecule has 0 heterocycles. The summed E-state index contributed by atoms with van der Waals surface area (Å²) in [6, 6.07) is 7.96. The lowest BCUT2D eigenvalue weighted by molar-refractivity contribution is -0.759. The molecule has 2 rings (SSSR count). The number of hydrogen-bond donors (Lipinski definition) is 1. The Morgan fingerprint density at radius 2 is 1.72 bits per heavy atom. The summed E-state index contributed by atoms with van der Waals surface area (Å²) in [7, 11) is -0.626. The molecule has 2 aromatic rings. The van der Waals surface area contributed by atoms with E-state index in [1.54, 1.807) is 0 Å². The SMILES string of the molecule is C[N+](C)(CCSc1cc(F)c(OCC(N)=O)c(F)c1)S(=O)(=O)c1ccc(Cl)cc1. The standard InChI is InChI=1S/C18H19ClF2N2O4S2/c1-23(2,29(25,26)14-5-3-12(19)4-6-14)7-8-28-13-9-15(20)18(16(21)10-13)27-11-17(22)24/h3-6,9-10H,7-8,11H2,1-2H3,(H-,22,24)/p+1. The van der Waals surface area contributed by atoms with Gasteiger partial charge in [-0.3, -0.25) is 4.79 Å². The van der Waals surface area contributed by atoms with Crippen LogP contribution in [-0.4, -0.2) is 51.2 Å². The molecule has 6 nitrogen and oxygen atoms in total. The van der Waals surface area contributed by atoms with Gasteiger partial charge in [-0.05, 0) is 36.4 Å².